The molecule has 1 N–H and O–H groups in total. The molecule has 22 heavy (non-hydrogen) atoms. The highest BCUT2D eigenvalue weighted by Gasteiger charge is 2.26. The van der Waals surface area contributed by atoms with Crippen molar-refractivity contribution < 1.29 is 9.32 Å². The van der Waals surface area contributed by atoms with E-state index < -0.39 is 0 Å². The normalized spacial score (nSPS) is 18.6. The first-order valence-electron chi connectivity index (χ1n) is 7.85. The number of carbonyl (C=O) groups is 1. The lowest BCUT2D eigenvalue weighted by atomic mass is 9.96. The second-order valence-corrected chi connectivity index (χ2v) is 6.84. The zero-order valence-corrected chi connectivity index (χ0v) is 15.3. The highest BCUT2D eigenvalue weighted by molar-refractivity contribution is 8.00. The summed E-state index contributed by atoms with van der Waals surface area (Å²) in [5.41, 5.74) is 1.34. The fourth-order valence-corrected chi connectivity index (χ4v) is 3.64. The van der Waals surface area contributed by atoms with Crippen LogP contribution in [0.5, 0.6) is 0 Å². The molecular weight excluding hydrogens is 314 g/mol. The fourth-order valence-electron chi connectivity index (χ4n) is 3.01. The molecule has 1 heterocycles. The summed E-state index contributed by atoms with van der Waals surface area (Å²) in [6.45, 7) is 3.05. The number of hydrogen-bond donors (Lipinski definition) is 1. The van der Waals surface area contributed by atoms with Crippen molar-refractivity contribution in [3.63, 3.8) is 0 Å². The number of hydrogen-bond acceptors (Lipinski definition) is 4. The van der Waals surface area contributed by atoms with Crippen LogP contribution >= 0.6 is 17.4 Å². The highest BCUT2D eigenvalue weighted by atomic mass is 32.0. The molecule has 3 unspecified atom stereocenters. The van der Waals surface area contributed by atoms with Gasteiger partial charge in [-0.25, -0.2) is 0 Å². The Kier molecular flexibility index (Phi) is 7.75. The van der Waals surface area contributed by atoms with Crippen molar-refractivity contribution in [3.8, 4) is 0 Å². The van der Waals surface area contributed by atoms with Gasteiger partial charge in [-0.1, -0.05) is 39.3 Å². The van der Waals surface area contributed by atoms with Crippen molar-refractivity contribution in [2.45, 2.75) is 25.3 Å². The molecule has 122 valence electrons. The third kappa shape index (κ3) is 5.28. The lowest BCUT2D eigenvalue weighted by molar-refractivity contribution is -0.139. The molecule has 0 aromatic heterocycles. The molecule has 3 atom stereocenters. The molecule has 0 radical (unpaired) electrons. The molecule has 0 bridgehead atoms. The maximum atomic E-state index is 11.7. The third-order valence-corrected chi connectivity index (χ3v) is 5.04. The largest absolute Gasteiger partial charge is 0.444 e. The molecule has 1 fully saturated rings. The van der Waals surface area contributed by atoms with Gasteiger partial charge in [-0.3, -0.25) is 4.79 Å². The predicted octanol–water partition coefficient (Wildman–Crippen LogP) is 2.98. The van der Waals surface area contributed by atoms with E-state index in [2.05, 4.69) is 49.5 Å². The van der Waals surface area contributed by atoms with E-state index in [-0.39, 0.29) is 20.4 Å². The second kappa shape index (κ2) is 9.57. The summed E-state index contributed by atoms with van der Waals surface area (Å²) in [6, 6.07) is 11.0. The molecule has 2 rings (SSSR count). The van der Waals surface area contributed by atoms with Crippen LogP contribution in [0.4, 0.5) is 0 Å². The maximum absolute atomic E-state index is 11.7. The first-order valence-corrected chi connectivity index (χ1v) is 10.6. The SMILES string of the molecule is CNC(CCN1CCC(C(=O)OPP)CC1)c1ccccc1. The molecule has 6 heteroatoms. The van der Waals surface area contributed by atoms with Gasteiger partial charge in [0.2, 0.25) is 0 Å². The lowest BCUT2D eigenvalue weighted by Crippen LogP contribution is -2.38. The maximum Gasteiger partial charge on any atom is 0.311 e. The minimum absolute atomic E-state index is 0.0228. The molecule has 1 aliphatic rings. The van der Waals surface area contributed by atoms with Crippen LogP contribution in [0.3, 0.4) is 0 Å². The van der Waals surface area contributed by atoms with Crippen molar-refractivity contribution in [2.24, 2.45) is 5.92 Å². The first-order chi connectivity index (χ1) is 10.7. The second-order valence-electron chi connectivity index (χ2n) is 5.70. The molecular formula is C16H26N2O2P2. The first kappa shape index (κ1) is 17.8. The van der Waals surface area contributed by atoms with Crippen LogP contribution in [0.25, 0.3) is 0 Å². The van der Waals surface area contributed by atoms with E-state index >= 15 is 0 Å². The van der Waals surface area contributed by atoms with Gasteiger partial charge in [0.15, 0.2) is 0 Å². The Labute approximate surface area is 137 Å². The Morgan fingerprint density at radius 3 is 2.68 bits per heavy atom. The summed E-state index contributed by atoms with van der Waals surface area (Å²) in [4.78, 5) is 14.2. The van der Waals surface area contributed by atoms with Crippen LogP contribution in [-0.4, -0.2) is 37.6 Å². The standard InChI is InChI=1S/C16H26N2O2P2/c1-17-15(13-5-3-2-4-6-13)9-12-18-10-7-14(8-11-18)16(19)20-22-21/h2-6,14-15,17,22H,7-12,21H2,1H3. The van der Waals surface area contributed by atoms with Gasteiger partial charge in [0, 0.05) is 6.04 Å². The van der Waals surface area contributed by atoms with Gasteiger partial charge in [0.1, 0.15) is 0 Å². The van der Waals surface area contributed by atoms with Crippen LogP contribution in [-0.2, 0) is 9.32 Å². The summed E-state index contributed by atoms with van der Waals surface area (Å²) in [6.07, 6.45) is 2.93. The summed E-state index contributed by atoms with van der Waals surface area (Å²) >= 11 is 0. The Hall–Kier alpha value is -0.530. The summed E-state index contributed by atoms with van der Waals surface area (Å²) in [5.74, 6) is 0.0730. The number of piperidine rings is 1. The van der Waals surface area contributed by atoms with Crippen molar-refractivity contribution in [1.82, 2.24) is 10.2 Å². The molecule has 0 saturated carbocycles. The van der Waals surface area contributed by atoms with Gasteiger partial charge in [-0.05, 0) is 51.5 Å². The highest BCUT2D eigenvalue weighted by Crippen LogP contribution is 2.27. The van der Waals surface area contributed by atoms with Crippen molar-refractivity contribution >= 4 is 23.4 Å². The fraction of sp³-hybridized carbons (Fsp3) is 0.562. The number of nitrogens with zero attached hydrogens (tertiary/aromatic N) is 1. The quantitative estimate of drug-likeness (QED) is 0.775. The smallest absolute Gasteiger partial charge is 0.311 e. The zero-order chi connectivity index (χ0) is 15.8. The minimum atomic E-state index is -0.0228. The molecule has 1 saturated heterocycles. The van der Waals surface area contributed by atoms with Crippen molar-refractivity contribution in [1.29, 1.82) is 0 Å². The minimum Gasteiger partial charge on any atom is -0.444 e. The van der Waals surface area contributed by atoms with Crippen LogP contribution in [0.2, 0.25) is 0 Å². The average molecular weight is 340 g/mol. The van der Waals surface area contributed by atoms with E-state index in [1.807, 2.05) is 7.05 Å². The number of benzene rings is 1. The monoisotopic (exact) mass is 340 g/mol. The molecule has 0 aliphatic carbocycles. The average Bonchev–Trinajstić information content (AvgIpc) is 2.57. The van der Waals surface area contributed by atoms with Crippen molar-refractivity contribution in [2.75, 3.05) is 26.7 Å². The third-order valence-electron chi connectivity index (χ3n) is 4.36. The Morgan fingerprint density at radius 1 is 1.41 bits per heavy atom. The van der Waals surface area contributed by atoms with E-state index in [9.17, 15) is 4.79 Å². The molecule has 1 aliphatic heterocycles. The van der Waals surface area contributed by atoms with Gasteiger partial charge >= 0.3 is 5.97 Å². The topological polar surface area (TPSA) is 41.6 Å². The van der Waals surface area contributed by atoms with Gasteiger partial charge in [-0.2, -0.15) is 0 Å². The number of carbonyl (C=O) groups excluding carboxylic acids is 1. The van der Waals surface area contributed by atoms with Crippen molar-refractivity contribution in [3.05, 3.63) is 35.9 Å². The summed E-state index contributed by atoms with van der Waals surface area (Å²) < 4.78 is 5.11. The predicted molar refractivity (Wildman–Crippen MR) is 96.1 cm³/mol. The molecule has 0 spiro atoms. The molecule has 0 amide bonds. The van der Waals surface area contributed by atoms with E-state index in [4.69, 9.17) is 4.52 Å². The molecule has 1 aromatic rings. The molecule has 4 nitrogen and oxygen atoms in total. The lowest BCUT2D eigenvalue weighted by Gasteiger charge is -2.31. The van der Waals surface area contributed by atoms with E-state index in [1.165, 1.54) is 5.56 Å². The van der Waals surface area contributed by atoms with Gasteiger partial charge in [0.25, 0.3) is 0 Å². The van der Waals surface area contributed by atoms with E-state index in [1.54, 1.807) is 0 Å². The summed E-state index contributed by atoms with van der Waals surface area (Å²) in [5, 5.41) is 3.40. The number of rotatable bonds is 7. The van der Waals surface area contributed by atoms with Crippen LogP contribution in [0, 0.1) is 5.92 Å². The van der Waals surface area contributed by atoms with E-state index in [0.717, 1.165) is 38.9 Å². The van der Waals surface area contributed by atoms with E-state index in [0.29, 0.717) is 6.04 Å². The summed E-state index contributed by atoms with van der Waals surface area (Å²) in [7, 11) is 4.66. The number of likely N-dealkylation sites (tertiary alicyclic amines) is 1. The van der Waals surface area contributed by atoms with Gasteiger partial charge < -0.3 is 14.7 Å². The zero-order valence-electron chi connectivity index (χ0n) is 13.1. The Morgan fingerprint density at radius 2 is 2.09 bits per heavy atom. The Balaban J connectivity index is 1.75. The van der Waals surface area contributed by atoms with Crippen LogP contribution in [0.1, 0.15) is 30.9 Å². The van der Waals surface area contributed by atoms with Gasteiger partial charge in [-0.15, -0.1) is 0 Å². The van der Waals surface area contributed by atoms with Crippen LogP contribution in [0.15, 0.2) is 30.3 Å². The molecule has 1 aromatic carbocycles. The van der Waals surface area contributed by atoms with Crippen LogP contribution < -0.4 is 5.32 Å². The van der Waals surface area contributed by atoms with Gasteiger partial charge in [0.05, 0.1) is 14.4 Å². The number of nitrogens with one attached hydrogen (secondary N) is 1. The Bertz CT molecular complexity index is 451.